The fraction of sp³-hybridized carbons (Fsp3) is 0.533. The van der Waals surface area contributed by atoms with Gasteiger partial charge in [0.05, 0.1) is 12.7 Å². The zero-order valence-corrected chi connectivity index (χ0v) is 13.2. The van der Waals surface area contributed by atoms with Crippen LogP contribution in [0.15, 0.2) is 18.2 Å². The first-order valence-electron chi connectivity index (χ1n) is 6.90. The molecule has 5 heteroatoms. The van der Waals surface area contributed by atoms with Gasteiger partial charge in [-0.1, -0.05) is 13.0 Å². The third-order valence-corrected chi connectivity index (χ3v) is 5.29. The van der Waals surface area contributed by atoms with E-state index in [-0.39, 0.29) is 5.84 Å². The zero-order valence-electron chi connectivity index (χ0n) is 12.3. The van der Waals surface area contributed by atoms with Crippen LogP contribution in [0.2, 0.25) is 0 Å². The molecule has 3 N–H and O–H groups in total. The summed E-state index contributed by atoms with van der Waals surface area (Å²) in [6.45, 7) is 6.62. The van der Waals surface area contributed by atoms with Gasteiger partial charge in [0, 0.05) is 30.1 Å². The molecule has 20 heavy (non-hydrogen) atoms. The first-order chi connectivity index (χ1) is 9.52. The minimum Gasteiger partial charge on any atom is -0.496 e. The number of benzene rings is 1. The van der Waals surface area contributed by atoms with Gasteiger partial charge in [-0.2, -0.15) is 11.8 Å². The normalized spacial score (nSPS) is 23.6. The maximum Gasteiger partial charge on any atom is 0.130 e. The molecule has 2 rings (SSSR count). The summed E-state index contributed by atoms with van der Waals surface area (Å²) in [5.74, 6) is 1.92. The molecule has 0 spiro atoms. The van der Waals surface area contributed by atoms with Gasteiger partial charge in [0.15, 0.2) is 0 Å². The predicted molar refractivity (Wildman–Crippen MR) is 85.8 cm³/mol. The number of nitrogens with zero attached hydrogens (tertiary/aromatic N) is 1. The molecule has 1 heterocycles. The summed E-state index contributed by atoms with van der Waals surface area (Å²) in [6.07, 6.45) is 0. The molecule has 1 aliphatic rings. The van der Waals surface area contributed by atoms with Gasteiger partial charge in [-0.15, -0.1) is 0 Å². The van der Waals surface area contributed by atoms with Crippen LogP contribution >= 0.6 is 11.8 Å². The lowest BCUT2D eigenvalue weighted by atomic mass is 10.1. The molecular weight excluding hydrogens is 270 g/mol. The van der Waals surface area contributed by atoms with Crippen LogP contribution in [-0.2, 0) is 6.54 Å². The maximum absolute atomic E-state index is 7.55. The van der Waals surface area contributed by atoms with Crippen molar-refractivity contribution in [2.24, 2.45) is 5.73 Å². The van der Waals surface area contributed by atoms with Crippen molar-refractivity contribution in [2.45, 2.75) is 31.7 Å². The summed E-state index contributed by atoms with van der Waals surface area (Å²) >= 11 is 2.04. The highest BCUT2D eigenvalue weighted by molar-refractivity contribution is 8.00. The summed E-state index contributed by atoms with van der Waals surface area (Å²) in [5, 5.41) is 8.21. The summed E-state index contributed by atoms with van der Waals surface area (Å²) < 4.78 is 5.34. The lowest BCUT2D eigenvalue weighted by molar-refractivity contribution is 0.204. The molecule has 1 fully saturated rings. The van der Waals surface area contributed by atoms with Crippen LogP contribution in [0.5, 0.6) is 5.75 Å². The van der Waals surface area contributed by atoms with Crippen molar-refractivity contribution in [3.8, 4) is 5.75 Å². The van der Waals surface area contributed by atoms with Crippen molar-refractivity contribution in [2.75, 3.05) is 19.4 Å². The topological polar surface area (TPSA) is 62.3 Å². The number of nitrogens with two attached hydrogens (primary N) is 1. The van der Waals surface area contributed by atoms with Crippen LogP contribution in [0.25, 0.3) is 0 Å². The smallest absolute Gasteiger partial charge is 0.130 e. The van der Waals surface area contributed by atoms with Crippen molar-refractivity contribution in [1.29, 1.82) is 5.41 Å². The molecule has 0 aliphatic carbocycles. The van der Waals surface area contributed by atoms with Gasteiger partial charge in [-0.05, 0) is 24.6 Å². The Balaban J connectivity index is 2.15. The van der Waals surface area contributed by atoms with Crippen molar-refractivity contribution < 1.29 is 4.74 Å². The monoisotopic (exact) mass is 293 g/mol. The van der Waals surface area contributed by atoms with E-state index in [9.17, 15) is 0 Å². The predicted octanol–water partition coefficient (Wildman–Crippen LogP) is 2.31. The van der Waals surface area contributed by atoms with E-state index in [1.807, 2.05) is 30.0 Å². The van der Waals surface area contributed by atoms with Crippen LogP contribution in [0.3, 0.4) is 0 Å². The van der Waals surface area contributed by atoms with Crippen LogP contribution in [0.1, 0.15) is 25.0 Å². The number of ether oxygens (including phenoxy) is 1. The molecule has 4 nitrogen and oxygen atoms in total. The Kier molecular flexibility index (Phi) is 4.94. The summed E-state index contributed by atoms with van der Waals surface area (Å²) in [4.78, 5) is 2.50. The molecule has 2 unspecified atom stereocenters. The largest absolute Gasteiger partial charge is 0.496 e. The van der Waals surface area contributed by atoms with E-state index in [0.29, 0.717) is 22.6 Å². The van der Waals surface area contributed by atoms with Crippen LogP contribution in [0.4, 0.5) is 0 Å². The molecule has 1 saturated heterocycles. The van der Waals surface area contributed by atoms with Crippen molar-refractivity contribution in [3.05, 3.63) is 29.3 Å². The van der Waals surface area contributed by atoms with Crippen LogP contribution in [0, 0.1) is 5.41 Å². The van der Waals surface area contributed by atoms with Gasteiger partial charge in [0.25, 0.3) is 0 Å². The van der Waals surface area contributed by atoms with Crippen LogP contribution in [-0.4, -0.2) is 41.4 Å². The Labute approximate surface area is 125 Å². The number of nitrogens with one attached hydrogen (secondary N) is 1. The minimum atomic E-state index is 0.0461. The second-order valence-corrected chi connectivity index (χ2v) is 6.72. The number of hydrogen-bond acceptors (Lipinski definition) is 4. The van der Waals surface area contributed by atoms with E-state index in [4.69, 9.17) is 15.9 Å². The fourth-order valence-corrected chi connectivity index (χ4v) is 3.67. The molecule has 1 aliphatic heterocycles. The van der Waals surface area contributed by atoms with Gasteiger partial charge in [0.1, 0.15) is 11.6 Å². The van der Waals surface area contributed by atoms with E-state index in [1.54, 1.807) is 7.11 Å². The number of methoxy groups -OCH3 is 1. The standard InChI is InChI=1S/C15H23N3OS/c1-10-11(2)20-7-6-18(10)9-12-4-5-13(15(16)17)14(8-12)19-3/h4-5,8,10-11H,6-7,9H2,1-3H3,(H3,16,17). The van der Waals surface area contributed by atoms with E-state index in [1.165, 1.54) is 11.3 Å². The number of thioether (sulfide) groups is 1. The van der Waals surface area contributed by atoms with Crippen molar-refractivity contribution in [3.63, 3.8) is 0 Å². The molecule has 0 saturated carbocycles. The molecule has 0 bridgehead atoms. The van der Waals surface area contributed by atoms with Crippen LogP contribution < -0.4 is 10.5 Å². The number of amidine groups is 1. The third-order valence-electron chi connectivity index (χ3n) is 3.96. The second kappa shape index (κ2) is 6.50. The van der Waals surface area contributed by atoms with E-state index < -0.39 is 0 Å². The van der Waals surface area contributed by atoms with Gasteiger partial charge < -0.3 is 10.5 Å². The summed E-state index contributed by atoms with van der Waals surface area (Å²) in [7, 11) is 1.62. The number of hydrogen-bond donors (Lipinski definition) is 2. The highest BCUT2D eigenvalue weighted by Gasteiger charge is 2.25. The summed E-state index contributed by atoms with van der Waals surface area (Å²) in [5.41, 5.74) is 7.42. The van der Waals surface area contributed by atoms with E-state index in [2.05, 4.69) is 18.7 Å². The molecule has 110 valence electrons. The SMILES string of the molecule is COc1cc(CN2CCSC(C)C2C)ccc1C(=N)N. The van der Waals surface area contributed by atoms with Gasteiger partial charge in [-0.3, -0.25) is 10.3 Å². The first kappa shape index (κ1) is 15.2. The lowest BCUT2D eigenvalue weighted by Crippen LogP contribution is -2.43. The second-order valence-electron chi connectivity index (χ2n) is 5.24. The highest BCUT2D eigenvalue weighted by Crippen LogP contribution is 2.27. The first-order valence-corrected chi connectivity index (χ1v) is 7.94. The Bertz CT molecular complexity index is 492. The maximum atomic E-state index is 7.55. The molecule has 0 aromatic heterocycles. The Hall–Kier alpha value is -1.20. The van der Waals surface area contributed by atoms with Crippen molar-refractivity contribution in [1.82, 2.24) is 4.90 Å². The average Bonchev–Trinajstić information content (AvgIpc) is 2.43. The lowest BCUT2D eigenvalue weighted by Gasteiger charge is -2.37. The average molecular weight is 293 g/mol. The molecule has 1 aromatic carbocycles. The van der Waals surface area contributed by atoms with Gasteiger partial charge in [0.2, 0.25) is 0 Å². The summed E-state index contributed by atoms with van der Waals surface area (Å²) in [6, 6.07) is 6.49. The number of rotatable bonds is 4. The Morgan fingerprint density at radius 1 is 1.50 bits per heavy atom. The Morgan fingerprint density at radius 3 is 2.90 bits per heavy atom. The quantitative estimate of drug-likeness (QED) is 0.660. The van der Waals surface area contributed by atoms with Gasteiger partial charge in [-0.25, -0.2) is 0 Å². The highest BCUT2D eigenvalue weighted by atomic mass is 32.2. The molecule has 2 atom stereocenters. The molecule has 0 radical (unpaired) electrons. The van der Waals surface area contributed by atoms with Gasteiger partial charge >= 0.3 is 0 Å². The van der Waals surface area contributed by atoms with Crippen molar-refractivity contribution >= 4 is 17.6 Å². The Morgan fingerprint density at radius 2 is 2.25 bits per heavy atom. The van der Waals surface area contributed by atoms with E-state index in [0.717, 1.165) is 13.1 Å². The minimum absolute atomic E-state index is 0.0461. The molecule has 1 aromatic rings. The fourth-order valence-electron chi connectivity index (χ4n) is 2.51. The van der Waals surface area contributed by atoms with E-state index >= 15 is 0 Å². The zero-order chi connectivity index (χ0) is 14.7. The third kappa shape index (κ3) is 3.27. The molecular formula is C15H23N3OS. The number of nitrogen functional groups attached to an aromatic ring is 1. The molecule has 0 amide bonds.